The summed E-state index contributed by atoms with van der Waals surface area (Å²) in [5.41, 5.74) is -0.648. The minimum absolute atomic E-state index is 0.0386. The zero-order valence-electron chi connectivity index (χ0n) is 21.0. The summed E-state index contributed by atoms with van der Waals surface area (Å²) in [6, 6.07) is 12.7. The van der Waals surface area contributed by atoms with Crippen molar-refractivity contribution >= 4 is 47.8 Å². The van der Waals surface area contributed by atoms with Crippen LogP contribution in [0.4, 0.5) is 20.2 Å². The third-order valence-corrected chi connectivity index (χ3v) is 9.29. The monoisotopic (exact) mass is 587 g/mol. The van der Waals surface area contributed by atoms with Crippen LogP contribution in [-0.4, -0.2) is 32.3 Å². The first-order chi connectivity index (χ1) is 18.9. The summed E-state index contributed by atoms with van der Waals surface area (Å²) in [7, 11) is -7.92. The van der Waals surface area contributed by atoms with Crippen molar-refractivity contribution in [2.24, 2.45) is 0 Å². The van der Waals surface area contributed by atoms with Gasteiger partial charge in [-0.05, 0) is 60.5 Å². The lowest BCUT2D eigenvalue weighted by Gasteiger charge is -2.22. The van der Waals surface area contributed by atoms with Crippen LogP contribution < -0.4 is 15.6 Å². The highest BCUT2D eigenvalue weighted by molar-refractivity contribution is 7.94. The second-order valence-corrected chi connectivity index (χ2v) is 12.8. The fourth-order valence-electron chi connectivity index (χ4n) is 4.52. The number of nitrogens with one attached hydrogen (secondary N) is 2. The lowest BCUT2D eigenvalue weighted by molar-refractivity contribution is 0.476. The van der Waals surface area contributed by atoms with E-state index in [1.165, 1.54) is 47.0 Å². The maximum atomic E-state index is 14.2. The summed E-state index contributed by atoms with van der Waals surface area (Å²) < 4.78 is 82.1. The maximum absolute atomic E-state index is 14.2. The van der Waals surface area contributed by atoms with Gasteiger partial charge in [0.05, 0.1) is 39.5 Å². The van der Waals surface area contributed by atoms with Gasteiger partial charge in [0.15, 0.2) is 0 Å². The lowest BCUT2D eigenvalue weighted by atomic mass is 10.1. The van der Waals surface area contributed by atoms with Crippen LogP contribution >= 0.6 is 0 Å². The largest absolute Gasteiger partial charge is 0.506 e. The van der Waals surface area contributed by atoms with Gasteiger partial charge in [-0.3, -0.25) is 9.52 Å². The van der Waals surface area contributed by atoms with Crippen molar-refractivity contribution in [2.45, 2.75) is 24.8 Å². The molecule has 40 heavy (non-hydrogen) atoms. The van der Waals surface area contributed by atoms with Gasteiger partial charge in [-0.2, -0.15) is 0 Å². The number of aromatic hydroxyl groups is 1. The molecule has 0 atom stereocenters. The van der Waals surface area contributed by atoms with Gasteiger partial charge in [0.25, 0.3) is 5.56 Å². The van der Waals surface area contributed by atoms with E-state index < -0.39 is 48.4 Å². The minimum atomic E-state index is -4.24. The fourth-order valence-corrected chi connectivity index (χ4v) is 6.98. The summed E-state index contributed by atoms with van der Waals surface area (Å²) in [6.45, 7) is 1.61. The summed E-state index contributed by atoms with van der Waals surface area (Å²) in [6.07, 6.45) is 0.365. The Hall–Kier alpha value is -4.23. The third kappa shape index (κ3) is 5.17. The molecular weight excluding hydrogens is 564 g/mol. The van der Waals surface area contributed by atoms with Crippen molar-refractivity contribution in [1.82, 2.24) is 4.57 Å². The number of rotatable bonds is 7. The quantitative estimate of drug-likeness (QED) is 0.292. The molecule has 2 heterocycles. The molecule has 1 aliphatic heterocycles. The molecule has 3 N–H and O–H groups in total. The smallest absolute Gasteiger partial charge is 0.264 e. The number of sulfone groups is 1. The number of nitrogens with zero attached hydrogens (tertiary/aromatic N) is 1. The number of sulfonamides is 1. The molecule has 0 aliphatic carbocycles. The highest BCUT2D eigenvalue weighted by Gasteiger charge is 2.29. The summed E-state index contributed by atoms with van der Waals surface area (Å²) >= 11 is 0. The number of halogens is 2. The lowest BCUT2D eigenvalue weighted by Crippen LogP contribution is -2.27. The second kappa shape index (κ2) is 10.1. The van der Waals surface area contributed by atoms with E-state index in [1.54, 1.807) is 6.92 Å². The molecule has 208 valence electrons. The van der Waals surface area contributed by atoms with Crippen LogP contribution in [0.1, 0.15) is 24.5 Å². The minimum Gasteiger partial charge on any atom is -0.506 e. The first-order valence-corrected chi connectivity index (χ1v) is 15.3. The third-order valence-electron chi connectivity index (χ3n) is 6.30. The Balaban J connectivity index is 1.65. The second-order valence-electron chi connectivity index (χ2n) is 9.24. The van der Waals surface area contributed by atoms with E-state index in [-0.39, 0.29) is 45.2 Å². The van der Waals surface area contributed by atoms with Crippen molar-refractivity contribution in [3.05, 3.63) is 99.2 Å². The molecule has 0 unspecified atom stereocenters. The molecule has 9 nitrogen and oxygen atoms in total. The normalized spacial score (nSPS) is 14.3. The molecule has 0 radical (unpaired) electrons. The Labute approximate surface area is 228 Å². The van der Waals surface area contributed by atoms with E-state index in [9.17, 15) is 35.5 Å². The standard InChI is InChI=1S/C27H23F2N3O6S2/c1-2-11-40(37,38)31-19-8-9-21-24(13-19)39(35,36)15-22(30-21)25-26(33)20-12-18(29)7-10-23(20)32(27(25)34)14-16-3-5-17(28)6-4-16/h3-10,12-13,15,30-31,33H,2,11,14H2,1H3. The highest BCUT2D eigenvalue weighted by atomic mass is 32.2. The molecule has 3 aromatic carbocycles. The van der Waals surface area contributed by atoms with E-state index in [1.807, 2.05) is 0 Å². The van der Waals surface area contributed by atoms with Crippen LogP contribution in [0.15, 0.2) is 75.8 Å². The van der Waals surface area contributed by atoms with Crippen LogP contribution in [-0.2, 0) is 26.4 Å². The van der Waals surface area contributed by atoms with Gasteiger partial charge in [0.1, 0.15) is 22.9 Å². The van der Waals surface area contributed by atoms with Gasteiger partial charge in [0.2, 0.25) is 19.9 Å². The predicted molar refractivity (Wildman–Crippen MR) is 148 cm³/mol. The molecule has 5 rings (SSSR count). The number of hydrogen-bond acceptors (Lipinski definition) is 7. The van der Waals surface area contributed by atoms with Gasteiger partial charge >= 0.3 is 0 Å². The fraction of sp³-hybridized carbons (Fsp3) is 0.148. The van der Waals surface area contributed by atoms with Crippen LogP contribution in [0.25, 0.3) is 16.6 Å². The molecule has 13 heteroatoms. The molecule has 0 bridgehead atoms. The molecule has 0 saturated carbocycles. The number of anilines is 2. The Morgan fingerprint density at radius 3 is 2.40 bits per heavy atom. The van der Waals surface area contributed by atoms with Crippen LogP contribution in [0, 0.1) is 11.6 Å². The van der Waals surface area contributed by atoms with Gasteiger partial charge in [-0.15, -0.1) is 0 Å². The Bertz CT molecular complexity index is 1970. The van der Waals surface area contributed by atoms with E-state index >= 15 is 0 Å². The summed E-state index contributed by atoms with van der Waals surface area (Å²) in [5.74, 6) is -1.94. The molecule has 0 spiro atoms. The van der Waals surface area contributed by atoms with Gasteiger partial charge < -0.3 is 15.0 Å². The topological polar surface area (TPSA) is 135 Å². The Kier molecular flexibility index (Phi) is 6.88. The van der Waals surface area contributed by atoms with Crippen molar-refractivity contribution < 1.29 is 30.7 Å². The van der Waals surface area contributed by atoms with E-state index in [0.29, 0.717) is 12.0 Å². The van der Waals surface area contributed by atoms with Gasteiger partial charge in [-0.1, -0.05) is 19.1 Å². The first kappa shape index (κ1) is 27.3. The predicted octanol–water partition coefficient (Wildman–Crippen LogP) is 4.38. The average Bonchev–Trinajstić information content (AvgIpc) is 2.88. The van der Waals surface area contributed by atoms with Crippen molar-refractivity contribution in [2.75, 3.05) is 15.8 Å². The van der Waals surface area contributed by atoms with Crippen LogP contribution in [0.2, 0.25) is 0 Å². The zero-order valence-corrected chi connectivity index (χ0v) is 22.6. The number of hydrogen-bond donors (Lipinski definition) is 3. The molecule has 0 saturated heterocycles. The van der Waals surface area contributed by atoms with E-state index in [4.69, 9.17) is 0 Å². The Morgan fingerprint density at radius 2 is 1.70 bits per heavy atom. The highest BCUT2D eigenvalue weighted by Crippen LogP contribution is 2.38. The number of aromatic nitrogens is 1. The van der Waals surface area contributed by atoms with E-state index in [2.05, 4.69) is 10.0 Å². The molecular formula is C27H23F2N3O6S2. The van der Waals surface area contributed by atoms with Crippen molar-refractivity contribution in [3.63, 3.8) is 0 Å². The molecule has 4 aromatic rings. The van der Waals surface area contributed by atoms with Gasteiger partial charge in [-0.25, -0.2) is 25.6 Å². The SMILES string of the molecule is CCCS(=O)(=O)Nc1ccc2c(c1)S(=O)(=O)C=C(c1c(O)c3cc(F)ccc3n(Cc3ccc(F)cc3)c1=O)N2. The molecule has 0 fully saturated rings. The Morgan fingerprint density at radius 1 is 1.00 bits per heavy atom. The van der Waals surface area contributed by atoms with Crippen molar-refractivity contribution in [3.8, 4) is 5.75 Å². The van der Waals surface area contributed by atoms with Crippen molar-refractivity contribution in [1.29, 1.82) is 0 Å². The molecule has 1 aromatic heterocycles. The zero-order chi connectivity index (χ0) is 28.8. The van der Waals surface area contributed by atoms with Gasteiger partial charge in [0, 0.05) is 11.1 Å². The average molecular weight is 588 g/mol. The van der Waals surface area contributed by atoms with E-state index in [0.717, 1.165) is 23.6 Å². The summed E-state index contributed by atoms with van der Waals surface area (Å²) in [4.78, 5) is 13.5. The number of pyridine rings is 1. The molecule has 1 aliphatic rings. The summed E-state index contributed by atoms with van der Waals surface area (Å²) in [5, 5.41) is 14.6. The first-order valence-electron chi connectivity index (χ1n) is 12.1. The number of fused-ring (bicyclic) bond motifs is 2. The molecule has 0 amide bonds. The number of benzene rings is 3. The maximum Gasteiger partial charge on any atom is 0.264 e. The van der Waals surface area contributed by atoms with Crippen LogP contribution in [0.3, 0.4) is 0 Å². The van der Waals surface area contributed by atoms with Crippen LogP contribution in [0.5, 0.6) is 5.75 Å².